The minimum Gasteiger partial charge on any atom is -0.373 e. The number of ether oxygens (including phenoxy) is 1. The Kier molecular flexibility index (Phi) is 6.30. The molecule has 27 heavy (non-hydrogen) atoms. The minimum atomic E-state index is -0.0664. The van der Waals surface area contributed by atoms with Gasteiger partial charge in [-0.1, -0.05) is 44.2 Å². The number of amides is 1. The molecule has 4 heteroatoms. The molecule has 1 amide bonds. The van der Waals surface area contributed by atoms with Crippen molar-refractivity contribution in [3.05, 3.63) is 65.2 Å². The van der Waals surface area contributed by atoms with E-state index in [9.17, 15) is 4.79 Å². The van der Waals surface area contributed by atoms with Crippen LogP contribution in [0.4, 0.5) is 5.69 Å². The van der Waals surface area contributed by atoms with Crippen LogP contribution in [0, 0.1) is 0 Å². The van der Waals surface area contributed by atoms with Crippen LogP contribution in [0.3, 0.4) is 0 Å². The van der Waals surface area contributed by atoms with Gasteiger partial charge < -0.3 is 10.1 Å². The summed E-state index contributed by atoms with van der Waals surface area (Å²) >= 11 is 0. The molecule has 0 bridgehead atoms. The summed E-state index contributed by atoms with van der Waals surface area (Å²) in [5, 5.41) is 3.05. The van der Waals surface area contributed by atoms with Crippen molar-refractivity contribution < 1.29 is 9.53 Å². The van der Waals surface area contributed by atoms with Gasteiger partial charge in [0, 0.05) is 30.9 Å². The summed E-state index contributed by atoms with van der Waals surface area (Å²) < 4.78 is 5.79. The predicted octanol–water partition coefficient (Wildman–Crippen LogP) is 4.67. The van der Waals surface area contributed by atoms with E-state index in [0.717, 1.165) is 30.9 Å². The number of para-hydroxylation sites is 1. The second kappa shape index (κ2) is 8.68. The molecule has 1 aliphatic rings. The highest BCUT2D eigenvalue weighted by Gasteiger charge is 2.22. The highest BCUT2D eigenvalue weighted by atomic mass is 16.5. The van der Waals surface area contributed by atoms with Gasteiger partial charge in [0.25, 0.3) is 5.91 Å². The van der Waals surface area contributed by atoms with Crippen molar-refractivity contribution in [2.24, 2.45) is 0 Å². The van der Waals surface area contributed by atoms with Crippen LogP contribution >= 0.6 is 0 Å². The van der Waals surface area contributed by atoms with E-state index in [1.165, 1.54) is 5.56 Å². The zero-order chi connectivity index (χ0) is 19.4. The molecule has 0 spiro atoms. The Bertz CT molecular complexity index is 760. The maximum absolute atomic E-state index is 12.6. The zero-order valence-electron chi connectivity index (χ0n) is 16.7. The van der Waals surface area contributed by atoms with Gasteiger partial charge in [-0.3, -0.25) is 9.69 Å². The molecular weight excluding hydrogens is 336 g/mol. The van der Waals surface area contributed by atoms with E-state index < -0.39 is 0 Å². The van der Waals surface area contributed by atoms with Crippen LogP contribution in [0.2, 0.25) is 0 Å². The maximum atomic E-state index is 12.6. The number of rotatable bonds is 5. The average molecular weight is 367 g/mol. The topological polar surface area (TPSA) is 41.6 Å². The molecule has 1 heterocycles. The second-order valence-electron chi connectivity index (χ2n) is 7.84. The van der Waals surface area contributed by atoms with Gasteiger partial charge in [0.05, 0.1) is 12.2 Å². The number of anilines is 1. The smallest absolute Gasteiger partial charge is 0.255 e. The third-order valence-corrected chi connectivity index (χ3v) is 4.95. The van der Waals surface area contributed by atoms with Crippen molar-refractivity contribution in [2.75, 3.05) is 18.4 Å². The molecule has 0 saturated carbocycles. The van der Waals surface area contributed by atoms with Gasteiger partial charge in [-0.15, -0.1) is 0 Å². The molecule has 1 saturated heterocycles. The lowest BCUT2D eigenvalue weighted by Gasteiger charge is -2.35. The fourth-order valence-electron chi connectivity index (χ4n) is 3.74. The number of hydrogen-bond acceptors (Lipinski definition) is 3. The van der Waals surface area contributed by atoms with Gasteiger partial charge >= 0.3 is 0 Å². The van der Waals surface area contributed by atoms with Crippen LogP contribution < -0.4 is 5.32 Å². The first-order chi connectivity index (χ1) is 12.9. The molecule has 144 valence electrons. The molecule has 3 rings (SSSR count). The molecule has 0 aromatic heterocycles. The van der Waals surface area contributed by atoms with Gasteiger partial charge in [-0.25, -0.2) is 0 Å². The third-order valence-electron chi connectivity index (χ3n) is 4.95. The molecule has 0 aliphatic carbocycles. The van der Waals surface area contributed by atoms with Crippen LogP contribution in [0.5, 0.6) is 0 Å². The molecule has 1 fully saturated rings. The predicted molar refractivity (Wildman–Crippen MR) is 110 cm³/mol. The first-order valence-electron chi connectivity index (χ1n) is 9.79. The summed E-state index contributed by atoms with van der Waals surface area (Å²) in [5.41, 5.74) is 3.94. The molecular formula is C23H30N2O2. The number of morpholine rings is 1. The van der Waals surface area contributed by atoms with Crippen LogP contribution in [0.1, 0.15) is 55.1 Å². The first-order valence-corrected chi connectivity index (χ1v) is 9.79. The molecule has 1 aliphatic heterocycles. The van der Waals surface area contributed by atoms with Crippen molar-refractivity contribution in [3.8, 4) is 0 Å². The van der Waals surface area contributed by atoms with Crippen molar-refractivity contribution in [2.45, 2.75) is 52.4 Å². The standard InChI is InChI=1S/C23H30N2O2/c1-16(2)21-7-5-6-8-22(21)24-23(26)20-11-9-19(10-12-20)15-25-13-17(3)27-18(4)14-25/h5-12,16-18H,13-15H2,1-4H3,(H,24,26). The van der Waals surface area contributed by atoms with Crippen LogP contribution in [0.15, 0.2) is 48.5 Å². The normalized spacial score (nSPS) is 20.6. The highest BCUT2D eigenvalue weighted by Crippen LogP contribution is 2.24. The lowest BCUT2D eigenvalue weighted by molar-refractivity contribution is -0.0704. The van der Waals surface area contributed by atoms with Crippen LogP contribution in [-0.4, -0.2) is 36.1 Å². The Labute approximate surface area is 162 Å². The molecule has 0 radical (unpaired) electrons. The molecule has 2 unspecified atom stereocenters. The number of carbonyl (C=O) groups is 1. The monoisotopic (exact) mass is 366 g/mol. The maximum Gasteiger partial charge on any atom is 0.255 e. The summed E-state index contributed by atoms with van der Waals surface area (Å²) in [6.07, 6.45) is 0.527. The van der Waals surface area contributed by atoms with Gasteiger partial charge in [0.2, 0.25) is 0 Å². The van der Waals surface area contributed by atoms with E-state index >= 15 is 0 Å². The SMILES string of the molecule is CC1CN(Cc2ccc(C(=O)Nc3ccccc3C(C)C)cc2)CC(C)O1. The van der Waals surface area contributed by atoms with Gasteiger partial charge in [0.15, 0.2) is 0 Å². The van der Waals surface area contributed by atoms with Crippen molar-refractivity contribution in [3.63, 3.8) is 0 Å². The fourth-order valence-corrected chi connectivity index (χ4v) is 3.74. The summed E-state index contributed by atoms with van der Waals surface area (Å²) in [5.74, 6) is 0.297. The van der Waals surface area contributed by atoms with E-state index in [4.69, 9.17) is 4.74 Å². The molecule has 1 N–H and O–H groups in total. The summed E-state index contributed by atoms with van der Waals surface area (Å²) in [6, 6.07) is 15.9. The van der Waals surface area contributed by atoms with E-state index in [1.54, 1.807) is 0 Å². The number of benzene rings is 2. The van der Waals surface area contributed by atoms with Crippen molar-refractivity contribution >= 4 is 11.6 Å². The first kappa shape index (κ1) is 19.6. The number of hydrogen-bond donors (Lipinski definition) is 1. The Morgan fingerprint density at radius 3 is 2.33 bits per heavy atom. The van der Waals surface area contributed by atoms with Gasteiger partial charge in [0.1, 0.15) is 0 Å². The number of carbonyl (C=O) groups excluding carboxylic acids is 1. The molecule has 2 aromatic rings. The van der Waals surface area contributed by atoms with Crippen molar-refractivity contribution in [1.82, 2.24) is 4.90 Å². The summed E-state index contributed by atoms with van der Waals surface area (Å²) in [4.78, 5) is 15.0. The number of nitrogens with zero attached hydrogens (tertiary/aromatic N) is 1. The van der Waals surface area contributed by atoms with Gasteiger partial charge in [-0.2, -0.15) is 0 Å². The Morgan fingerprint density at radius 2 is 1.70 bits per heavy atom. The Morgan fingerprint density at radius 1 is 1.07 bits per heavy atom. The summed E-state index contributed by atoms with van der Waals surface area (Å²) in [7, 11) is 0. The number of nitrogens with one attached hydrogen (secondary N) is 1. The van der Waals surface area contributed by atoms with Crippen LogP contribution in [0.25, 0.3) is 0 Å². The van der Waals surface area contributed by atoms with E-state index in [-0.39, 0.29) is 18.1 Å². The Balaban J connectivity index is 1.64. The van der Waals surface area contributed by atoms with E-state index in [0.29, 0.717) is 11.5 Å². The largest absolute Gasteiger partial charge is 0.373 e. The lowest BCUT2D eigenvalue weighted by atomic mass is 10.0. The molecule has 2 atom stereocenters. The summed E-state index contributed by atoms with van der Waals surface area (Å²) in [6.45, 7) is 11.3. The Hall–Kier alpha value is -2.17. The lowest BCUT2D eigenvalue weighted by Crippen LogP contribution is -2.44. The van der Waals surface area contributed by atoms with Crippen LogP contribution in [-0.2, 0) is 11.3 Å². The fraction of sp³-hybridized carbons (Fsp3) is 0.435. The quantitative estimate of drug-likeness (QED) is 0.836. The second-order valence-corrected chi connectivity index (χ2v) is 7.84. The van der Waals surface area contributed by atoms with E-state index in [2.05, 4.69) is 44.0 Å². The highest BCUT2D eigenvalue weighted by molar-refractivity contribution is 6.04. The zero-order valence-corrected chi connectivity index (χ0v) is 16.7. The minimum absolute atomic E-state index is 0.0664. The van der Waals surface area contributed by atoms with Gasteiger partial charge in [-0.05, 0) is 49.1 Å². The van der Waals surface area contributed by atoms with E-state index in [1.807, 2.05) is 42.5 Å². The molecule has 2 aromatic carbocycles. The average Bonchev–Trinajstić information content (AvgIpc) is 2.61. The molecule has 4 nitrogen and oxygen atoms in total. The third kappa shape index (κ3) is 5.18. The van der Waals surface area contributed by atoms with Crippen molar-refractivity contribution in [1.29, 1.82) is 0 Å².